The largest absolute Gasteiger partial charge is 0.502 e. The number of aromatic hydroxyl groups is 1. The van der Waals surface area contributed by atoms with E-state index < -0.39 is 5.43 Å². The molecule has 7 heteroatoms. The Morgan fingerprint density at radius 3 is 2.52 bits per heavy atom. The van der Waals surface area contributed by atoms with Gasteiger partial charge in [-0.1, -0.05) is 12.1 Å². The van der Waals surface area contributed by atoms with Crippen molar-refractivity contribution >= 4 is 5.91 Å². The van der Waals surface area contributed by atoms with Crippen LogP contribution in [0.5, 0.6) is 11.5 Å². The van der Waals surface area contributed by atoms with Crippen molar-refractivity contribution in [3.05, 3.63) is 58.1 Å². The third kappa shape index (κ3) is 5.10. The number of aryl methyl sites for hydroxylation is 1. The highest BCUT2D eigenvalue weighted by molar-refractivity contribution is 5.76. The van der Waals surface area contributed by atoms with Gasteiger partial charge in [-0.25, -0.2) is 0 Å². The minimum Gasteiger partial charge on any atom is -0.502 e. The van der Waals surface area contributed by atoms with Crippen LogP contribution < -0.4 is 10.2 Å². The van der Waals surface area contributed by atoms with Crippen molar-refractivity contribution in [2.45, 2.75) is 19.4 Å². The monoisotopic (exact) mass is 372 g/mol. The lowest BCUT2D eigenvalue weighted by Crippen LogP contribution is -2.48. The van der Waals surface area contributed by atoms with Gasteiger partial charge in [0.1, 0.15) is 17.8 Å². The molecule has 0 radical (unpaired) electrons. The van der Waals surface area contributed by atoms with Crippen molar-refractivity contribution in [1.82, 2.24) is 9.80 Å². The number of hydrogen-bond donors (Lipinski definition) is 1. The van der Waals surface area contributed by atoms with E-state index in [1.165, 1.54) is 6.07 Å². The van der Waals surface area contributed by atoms with E-state index in [0.29, 0.717) is 38.2 Å². The molecular formula is C20H24N2O5. The predicted molar refractivity (Wildman–Crippen MR) is 99.8 cm³/mol. The third-order valence-corrected chi connectivity index (χ3v) is 4.76. The lowest BCUT2D eigenvalue weighted by atomic mass is 10.1. The van der Waals surface area contributed by atoms with Crippen molar-refractivity contribution in [2.24, 2.45) is 0 Å². The molecule has 1 fully saturated rings. The summed E-state index contributed by atoms with van der Waals surface area (Å²) in [5.41, 5.74) is 0.675. The highest BCUT2D eigenvalue weighted by Crippen LogP contribution is 2.14. The molecule has 0 atom stereocenters. The number of rotatable bonds is 6. The molecule has 1 aromatic carbocycles. The smallest absolute Gasteiger partial charge is 0.226 e. The quantitative estimate of drug-likeness (QED) is 0.830. The second-order valence-electron chi connectivity index (χ2n) is 6.60. The van der Waals surface area contributed by atoms with E-state index in [0.717, 1.165) is 30.7 Å². The Bertz CT molecular complexity index is 823. The van der Waals surface area contributed by atoms with Crippen molar-refractivity contribution < 1.29 is 19.1 Å². The van der Waals surface area contributed by atoms with Crippen molar-refractivity contribution in [3.63, 3.8) is 0 Å². The van der Waals surface area contributed by atoms with E-state index in [-0.39, 0.29) is 11.7 Å². The maximum Gasteiger partial charge on any atom is 0.226 e. The Labute approximate surface area is 157 Å². The molecule has 1 saturated heterocycles. The summed E-state index contributed by atoms with van der Waals surface area (Å²) >= 11 is 0. The highest BCUT2D eigenvalue weighted by Gasteiger charge is 2.21. The summed E-state index contributed by atoms with van der Waals surface area (Å²) in [4.78, 5) is 27.9. The van der Waals surface area contributed by atoms with Gasteiger partial charge in [0.05, 0.1) is 13.7 Å². The molecule has 2 heterocycles. The molecule has 27 heavy (non-hydrogen) atoms. The first-order valence-electron chi connectivity index (χ1n) is 8.99. The van der Waals surface area contributed by atoms with E-state index >= 15 is 0 Å². The van der Waals surface area contributed by atoms with Crippen LogP contribution in [-0.4, -0.2) is 54.1 Å². The summed E-state index contributed by atoms with van der Waals surface area (Å²) in [5, 5.41) is 9.23. The van der Waals surface area contributed by atoms with E-state index in [1.54, 1.807) is 7.11 Å². The zero-order chi connectivity index (χ0) is 19.2. The van der Waals surface area contributed by atoms with Crippen LogP contribution in [0.1, 0.15) is 17.7 Å². The number of methoxy groups -OCH3 is 1. The Kier molecular flexibility index (Phi) is 6.13. The molecule has 1 amide bonds. The Hall–Kier alpha value is -2.80. The van der Waals surface area contributed by atoms with Crippen LogP contribution in [0.2, 0.25) is 0 Å². The van der Waals surface area contributed by atoms with Gasteiger partial charge in [-0.2, -0.15) is 0 Å². The van der Waals surface area contributed by atoms with Gasteiger partial charge < -0.3 is 19.2 Å². The van der Waals surface area contributed by atoms with Crippen LogP contribution in [0, 0.1) is 0 Å². The maximum absolute atomic E-state index is 12.4. The van der Waals surface area contributed by atoms with Gasteiger partial charge in [-0.05, 0) is 24.1 Å². The van der Waals surface area contributed by atoms with Gasteiger partial charge >= 0.3 is 0 Å². The number of piperazine rings is 1. The van der Waals surface area contributed by atoms with Gasteiger partial charge in [-0.3, -0.25) is 14.5 Å². The van der Waals surface area contributed by atoms with E-state index in [1.807, 2.05) is 29.2 Å². The lowest BCUT2D eigenvalue weighted by Gasteiger charge is -2.34. The standard InChI is InChI=1S/C20H24N2O5/c1-26-16-5-2-15(3-6-16)4-7-20(25)22-10-8-21(9-11-22)13-17-12-18(23)19(24)14-27-17/h2-3,5-6,12,14,24H,4,7-11,13H2,1H3. The molecular weight excluding hydrogens is 348 g/mol. The maximum atomic E-state index is 12.4. The topological polar surface area (TPSA) is 83.2 Å². The molecule has 144 valence electrons. The zero-order valence-corrected chi connectivity index (χ0v) is 15.4. The first-order chi connectivity index (χ1) is 13.0. The molecule has 1 aromatic heterocycles. The van der Waals surface area contributed by atoms with E-state index in [4.69, 9.17) is 9.15 Å². The molecule has 0 aliphatic carbocycles. The molecule has 0 saturated carbocycles. The SMILES string of the molecule is COc1ccc(CCC(=O)N2CCN(Cc3cc(=O)c(O)co3)CC2)cc1. The molecule has 0 unspecified atom stereocenters. The summed E-state index contributed by atoms with van der Waals surface area (Å²) in [6.45, 7) is 3.24. The van der Waals surface area contributed by atoms with E-state index in [2.05, 4.69) is 4.90 Å². The molecule has 1 N–H and O–H groups in total. The van der Waals surface area contributed by atoms with Crippen LogP contribution in [0.4, 0.5) is 0 Å². The first-order valence-corrected chi connectivity index (χ1v) is 8.99. The summed E-state index contributed by atoms with van der Waals surface area (Å²) < 4.78 is 10.4. The van der Waals surface area contributed by atoms with Crippen LogP contribution >= 0.6 is 0 Å². The molecule has 0 spiro atoms. The summed E-state index contributed by atoms with van der Waals surface area (Å²) in [6.07, 6.45) is 2.26. The van der Waals surface area contributed by atoms with Crippen molar-refractivity contribution in [3.8, 4) is 11.5 Å². The summed E-state index contributed by atoms with van der Waals surface area (Å²) in [6, 6.07) is 9.08. The van der Waals surface area contributed by atoms with Gasteiger partial charge in [0.2, 0.25) is 11.3 Å². The van der Waals surface area contributed by atoms with Gasteiger partial charge in [0.15, 0.2) is 5.75 Å². The van der Waals surface area contributed by atoms with E-state index in [9.17, 15) is 14.7 Å². The lowest BCUT2D eigenvalue weighted by molar-refractivity contribution is -0.133. The predicted octanol–water partition coefficient (Wildman–Crippen LogP) is 1.63. The fraction of sp³-hybridized carbons (Fsp3) is 0.400. The first kappa shape index (κ1) is 19.0. The summed E-state index contributed by atoms with van der Waals surface area (Å²) in [5.74, 6) is 1.09. The van der Waals surface area contributed by atoms with Crippen LogP contribution in [0.3, 0.4) is 0 Å². The number of ether oxygens (including phenoxy) is 1. The van der Waals surface area contributed by atoms with Crippen molar-refractivity contribution in [2.75, 3.05) is 33.3 Å². The van der Waals surface area contributed by atoms with Crippen LogP contribution in [0.25, 0.3) is 0 Å². The number of amides is 1. The third-order valence-electron chi connectivity index (χ3n) is 4.76. The average Bonchev–Trinajstić information content (AvgIpc) is 2.70. The van der Waals surface area contributed by atoms with Gasteiger partial charge in [-0.15, -0.1) is 0 Å². The average molecular weight is 372 g/mol. The molecule has 3 rings (SSSR count). The minimum absolute atomic E-state index is 0.154. The molecule has 7 nitrogen and oxygen atoms in total. The molecule has 0 bridgehead atoms. The number of hydrogen-bond acceptors (Lipinski definition) is 6. The Morgan fingerprint density at radius 1 is 1.19 bits per heavy atom. The second kappa shape index (κ2) is 8.73. The number of carbonyl (C=O) groups is 1. The van der Waals surface area contributed by atoms with Gasteiger partial charge in [0.25, 0.3) is 0 Å². The Morgan fingerprint density at radius 2 is 1.89 bits per heavy atom. The molecule has 1 aliphatic rings. The fourth-order valence-electron chi connectivity index (χ4n) is 3.10. The second-order valence-corrected chi connectivity index (χ2v) is 6.60. The van der Waals surface area contributed by atoms with Crippen LogP contribution in [0.15, 0.2) is 45.8 Å². The highest BCUT2D eigenvalue weighted by atomic mass is 16.5. The zero-order valence-electron chi connectivity index (χ0n) is 15.4. The summed E-state index contributed by atoms with van der Waals surface area (Å²) in [7, 11) is 1.63. The van der Waals surface area contributed by atoms with Crippen molar-refractivity contribution in [1.29, 1.82) is 0 Å². The Balaban J connectivity index is 1.44. The minimum atomic E-state index is -0.441. The molecule has 2 aromatic rings. The number of carbonyl (C=O) groups excluding carboxylic acids is 1. The number of benzene rings is 1. The normalized spacial score (nSPS) is 14.9. The number of nitrogens with zero attached hydrogens (tertiary/aromatic N) is 2. The van der Waals surface area contributed by atoms with Crippen LogP contribution in [-0.2, 0) is 17.8 Å². The fourth-order valence-corrected chi connectivity index (χ4v) is 3.10. The molecule has 1 aliphatic heterocycles. The van der Waals surface area contributed by atoms with Gasteiger partial charge in [0, 0.05) is 38.7 Å².